The molecule has 1 heterocycles. The molecule has 0 unspecified atom stereocenters. The maximum Gasteiger partial charge on any atom is 0.336 e. The molecular weight excluding hydrogens is 329 g/mol. The Kier molecular flexibility index (Phi) is 2.54. The van der Waals surface area contributed by atoms with Gasteiger partial charge in [0.2, 0.25) is 0 Å². The summed E-state index contributed by atoms with van der Waals surface area (Å²) in [5.41, 5.74) is 2.09. The van der Waals surface area contributed by atoms with E-state index >= 15 is 0 Å². The van der Waals surface area contributed by atoms with E-state index in [0.29, 0.717) is 11.5 Å². The van der Waals surface area contributed by atoms with Crippen LogP contribution < -0.4 is 0 Å². The van der Waals surface area contributed by atoms with E-state index in [1.165, 1.54) is 0 Å². The number of hydrogen-bond donors (Lipinski definition) is 1. The van der Waals surface area contributed by atoms with E-state index in [0.717, 1.165) is 33.0 Å². The van der Waals surface area contributed by atoms with Crippen LogP contribution in [0.5, 0.6) is 0 Å². The van der Waals surface area contributed by atoms with Crippen LogP contribution in [0.1, 0.15) is 34.8 Å². The fourth-order valence-electron chi connectivity index (χ4n) is 2.02. The standard InChI is InChI=1S/C13H10INO2/c14-9-2-1-3-10-12(9)8(13(16)17)6-11(15-10)7-4-5-7/h1-3,6-7H,4-5H2,(H,16,17). The summed E-state index contributed by atoms with van der Waals surface area (Å²) in [5.74, 6) is -0.404. The van der Waals surface area contributed by atoms with Crippen LogP contribution in [0.25, 0.3) is 10.9 Å². The molecule has 86 valence electrons. The van der Waals surface area contributed by atoms with Crippen molar-refractivity contribution in [1.29, 1.82) is 0 Å². The number of hydrogen-bond acceptors (Lipinski definition) is 2. The number of carbonyl (C=O) groups is 1. The van der Waals surface area contributed by atoms with E-state index in [-0.39, 0.29) is 0 Å². The van der Waals surface area contributed by atoms with Crippen molar-refractivity contribution >= 4 is 39.5 Å². The highest BCUT2D eigenvalue weighted by atomic mass is 127. The van der Waals surface area contributed by atoms with Crippen LogP contribution in [-0.2, 0) is 0 Å². The van der Waals surface area contributed by atoms with Crippen LogP contribution in [0, 0.1) is 3.57 Å². The summed E-state index contributed by atoms with van der Waals surface area (Å²) in [6.45, 7) is 0. The molecule has 1 aromatic heterocycles. The predicted molar refractivity (Wildman–Crippen MR) is 73.4 cm³/mol. The molecule has 0 spiro atoms. The number of halogens is 1. The van der Waals surface area contributed by atoms with E-state index in [2.05, 4.69) is 27.6 Å². The molecule has 0 bridgehead atoms. The van der Waals surface area contributed by atoms with Crippen molar-refractivity contribution in [3.8, 4) is 0 Å². The summed E-state index contributed by atoms with van der Waals surface area (Å²) in [6, 6.07) is 7.45. The monoisotopic (exact) mass is 339 g/mol. The molecule has 4 heteroatoms. The minimum atomic E-state index is -0.872. The highest BCUT2D eigenvalue weighted by Crippen LogP contribution is 2.40. The van der Waals surface area contributed by atoms with Gasteiger partial charge in [0.25, 0.3) is 0 Å². The molecule has 1 aliphatic rings. The van der Waals surface area contributed by atoms with E-state index in [1.54, 1.807) is 6.07 Å². The second-order valence-electron chi connectivity index (χ2n) is 4.31. The van der Waals surface area contributed by atoms with Gasteiger partial charge in [-0.3, -0.25) is 4.98 Å². The lowest BCUT2D eigenvalue weighted by atomic mass is 10.1. The lowest BCUT2D eigenvalue weighted by Crippen LogP contribution is -2.02. The number of aromatic carboxylic acids is 1. The summed E-state index contributed by atoms with van der Waals surface area (Å²) in [5, 5.41) is 10.1. The summed E-state index contributed by atoms with van der Waals surface area (Å²) in [7, 11) is 0. The van der Waals surface area contributed by atoms with Crippen LogP contribution in [0.3, 0.4) is 0 Å². The highest BCUT2D eigenvalue weighted by Gasteiger charge is 2.27. The Bertz CT molecular complexity index is 620. The van der Waals surface area contributed by atoms with Crippen molar-refractivity contribution < 1.29 is 9.90 Å². The van der Waals surface area contributed by atoms with E-state index in [4.69, 9.17) is 0 Å². The summed E-state index contributed by atoms with van der Waals surface area (Å²) in [4.78, 5) is 15.9. The minimum Gasteiger partial charge on any atom is -0.478 e. The van der Waals surface area contributed by atoms with Gasteiger partial charge >= 0.3 is 5.97 Å². The molecule has 1 fully saturated rings. The molecule has 0 amide bonds. The zero-order chi connectivity index (χ0) is 12.0. The Hall–Kier alpha value is -1.17. The van der Waals surface area contributed by atoms with Crippen molar-refractivity contribution in [1.82, 2.24) is 4.98 Å². The van der Waals surface area contributed by atoms with Gasteiger partial charge in [0.15, 0.2) is 0 Å². The number of carboxylic acid groups (broad SMARTS) is 1. The maximum atomic E-state index is 11.3. The molecule has 3 nitrogen and oxygen atoms in total. The summed E-state index contributed by atoms with van der Waals surface area (Å²) >= 11 is 2.16. The van der Waals surface area contributed by atoms with Crippen LogP contribution in [-0.4, -0.2) is 16.1 Å². The molecule has 1 saturated carbocycles. The third-order valence-corrected chi connectivity index (χ3v) is 3.93. The molecule has 17 heavy (non-hydrogen) atoms. The number of rotatable bonds is 2. The Morgan fingerprint density at radius 3 is 2.82 bits per heavy atom. The van der Waals surface area contributed by atoms with Gasteiger partial charge in [0, 0.05) is 20.6 Å². The fraction of sp³-hybridized carbons (Fsp3) is 0.231. The Morgan fingerprint density at radius 1 is 1.41 bits per heavy atom. The number of aromatic nitrogens is 1. The predicted octanol–water partition coefficient (Wildman–Crippen LogP) is 3.42. The van der Waals surface area contributed by atoms with Gasteiger partial charge in [-0.2, -0.15) is 0 Å². The number of fused-ring (bicyclic) bond motifs is 1. The van der Waals surface area contributed by atoms with Crippen molar-refractivity contribution in [2.24, 2.45) is 0 Å². The summed E-state index contributed by atoms with van der Waals surface area (Å²) in [6.07, 6.45) is 2.25. The molecule has 1 N–H and O–H groups in total. The van der Waals surface area contributed by atoms with Crippen molar-refractivity contribution in [2.75, 3.05) is 0 Å². The van der Waals surface area contributed by atoms with Crippen molar-refractivity contribution in [3.05, 3.63) is 39.1 Å². The molecular formula is C13H10INO2. The normalized spacial score (nSPS) is 15.1. The van der Waals surface area contributed by atoms with Gasteiger partial charge in [-0.25, -0.2) is 4.79 Å². The lowest BCUT2D eigenvalue weighted by molar-refractivity contribution is 0.0699. The molecule has 0 saturated heterocycles. The Morgan fingerprint density at radius 2 is 2.18 bits per heavy atom. The van der Waals surface area contributed by atoms with E-state index in [1.807, 2.05) is 18.2 Å². The van der Waals surface area contributed by atoms with Gasteiger partial charge in [-0.15, -0.1) is 0 Å². The number of nitrogens with zero attached hydrogens (tertiary/aromatic N) is 1. The van der Waals surface area contributed by atoms with Gasteiger partial charge in [-0.05, 0) is 53.6 Å². The topological polar surface area (TPSA) is 50.2 Å². The van der Waals surface area contributed by atoms with E-state index in [9.17, 15) is 9.90 Å². The van der Waals surface area contributed by atoms with Gasteiger partial charge in [-0.1, -0.05) is 6.07 Å². The average Bonchev–Trinajstić information content (AvgIpc) is 3.11. The SMILES string of the molecule is O=C(O)c1cc(C2CC2)nc2cccc(I)c12. The molecule has 0 atom stereocenters. The third-order valence-electron chi connectivity index (χ3n) is 3.03. The highest BCUT2D eigenvalue weighted by molar-refractivity contribution is 14.1. The number of carboxylic acids is 1. The first kappa shape index (κ1) is 11.0. The van der Waals surface area contributed by atoms with Gasteiger partial charge in [0.1, 0.15) is 0 Å². The maximum absolute atomic E-state index is 11.3. The fourth-order valence-corrected chi connectivity index (χ4v) is 2.80. The van der Waals surface area contributed by atoms with Crippen molar-refractivity contribution in [3.63, 3.8) is 0 Å². The largest absolute Gasteiger partial charge is 0.478 e. The first-order valence-corrected chi connectivity index (χ1v) is 6.57. The second kappa shape index (κ2) is 3.94. The first-order valence-electron chi connectivity index (χ1n) is 5.49. The first-order chi connectivity index (χ1) is 8.16. The zero-order valence-corrected chi connectivity index (χ0v) is 11.1. The molecule has 2 aromatic rings. The molecule has 1 aliphatic carbocycles. The third kappa shape index (κ3) is 1.90. The Labute approximate surface area is 112 Å². The van der Waals surface area contributed by atoms with Crippen LogP contribution >= 0.6 is 22.6 Å². The number of benzene rings is 1. The lowest BCUT2D eigenvalue weighted by Gasteiger charge is -2.07. The molecule has 0 radical (unpaired) electrons. The Balaban J connectivity index is 2.35. The minimum absolute atomic E-state index is 0.377. The van der Waals surface area contributed by atoms with Gasteiger partial charge < -0.3 is 5.11 Å². The molecule has 0 aliphatic heterocycles. The van der Waals surface area contributed by atoms with Crippen molar-refractivity contribution in [2.45, 2.75) is 18.8 Å². The smallest absolute Gasteiger partial charge is 0.336 e. The van der Waals surface area contributed by atoms with E-state index < -0.39 is 5.97 Å². The quantitative estimate of drug-likeness (QED) is 0.853. The number of pyridine rings is 1. The van der Waals surface area contributed by atoms with Crippen LogP contribution in [0.2, 0.25) is 0 Å². The van der Waals surface area contributed by atoms with Crippen LogP contribution in [0.15, 0.2) is 24.3 Å². The second-order valence-corrected chi connectivity index (χ2v) is 5.47. The zero-order valence-electron chi connectivity index (χ0n) is 8.98. The molecule has 1 aromatic carbocycles. The van der Waals surface area contributed by atoms with Crippen LogP contribution in [0.4, 0.5) is 0 Å². The summed E-state index contributed by atoms with van der Waals surface area (Å²) < 4.78 is 0.937. The average molecular weight is 339 g/mol. The van der Waals surface area contributed by atoms with Gasteiger partial charge in [0.05, 0.1) is 11.1 Å². The molecule has 3 rings (SSSR count).